The first-order valence-electron chi connectivity index (χ1n) is 11.0. The fourth-order valence-electron chi connectivity index (χ4n) is 3.59. The largest absolute Gasteiger partial charge is 0.441 e. The van der Waals surface area contributed by atoms with Crippen molar-refractivity contribution in [3.63, 3.8) is 0 Å². The number of nitrogens with two attached hydrogens (primary N) is 1. The van der Waals surface area contributed by atoms with Crippen molar-refractivity contribution in [3.05, 3.63) is 75.9 Å². The van der Waals surface area contributed by atoms with Crippen molar-refractivity contribution >= 4 is 29.2 Å². The Bertz CT molecular complexity index is 1470. The molecule has 0 radical (unpaired) electrons. The van der Waals surface area contributed by atoms with E-state index in [0.717, 1.165) is 11.3 Å². The summed E-state index contributed by atoms with van der Waals surface area (Å²) in [5.74, 6) is 1.54. The van der Waals surface area contributed by atoms with E-state index in [-0.39, 0.29) is 23.6 Å². The fourth-order valence-corrected chi connectivity index (χ4v) is 4.71. The smallest absolute Gasteiger partial charge is 0.226 e. The molecule has 0 unspecified atom stereocenters. The number of oxazole rings is 1. The van der Waals surface area contributed by atoms with Crippen LogP contribution in [0.5, 0.6) is 0 Å². The molecule has 3 N–H and O–H groups in total. The van der Waals surface area contributed by atoms with Crippen molar-refractivity contribution in [2.24, 2.45) is 0 Å². The van der Waals surface area contributed by atoms with Crippen LogP contribution in [-0.2, 0) is 12.2 Å². The SMILES string of the molecule is Cc1oc(-c2ccc(Cl)cc2)nc1CSc1nc(N)c(C#N)c(-c2ccc(CCCO)nc2)c1C#N. The number of anilines is 1. The summed E-state index contributed by atoms with van der Waals surface area (Å²) in [5.41, 5.74) is 9.80. The molecule has 0 aliphatic rings. The number of hydrogen-bond acceptors (Lipinski definition) is 9. The van der Waals surface area contributed by atoms with Crippen molar-refractivity contribution in [2.45, 2.75) is 30.5 Å². The van der Waals surface area contributed by atoms with Crippen LogP contribution in [0.25, 0.3) is 22.6 Å². The van der Waals surface area contributed by atoms with E-state index in [1.165, 1.54) is 11.8 Å². The van der Waals surface area contributed by atoms with Crippen LogP contribution in [-0.4, -0.2) is 26.7 Å². The van der Waals surface area contributed by atoms with Gasteiger partial charge in [-0.1, -0.05) is 29.4 Å². The minimum Gasteiger partial charge on any atom is -0.441 e. The van der Waals surface area contributed by atoms with E-state index < -0.39 is 0 Å². The molecule has 4 aromatic rings. The molecular weight excluding hydrogens is 496 g/mol. The van der Waals surface area contributed by atoms with Crippen LogP contribution in [0.4, 0.5) is 5.82 Å². The van der Waals surface area contributed by atoms with Crippen molar-refractivity contribution in [3.8, 4) is 34.7 Å². The quantitative estimate of drug-likeness (QED) is 0.297. The van der Waals surface area contributed by atoms with E-state index in [1.54, 1.807) is 24.4 Å². The lowest BCUT2D eigenvalue weighted by Gasteiger charge is -2.13. The lowest BCUT2D eigenvalue weighted by Crippen LogP contribution is -2.04. The van der Waals surface area contributed by atoms with Crippen molar-refractivity contribution in [2.75, 3.05) is 12.3 Å². The Morgan fingerprint density at radius 3 is 2.42 bits per heavy atom. The summed E-state index contributed by atoms with van der Waals surface area (Å²) in [6.45, 7) is 1.90. The molecule has 180 valence electrons. The highest BCUT2D eigenvalue weighted by Crippen LogP contribution is 2.37. The molecular formula is C26H21ClN6O2S. The maximum Gasteiger partial charge on any atom is 0.226 e. The molecule has 0 spiro atoms. The van der Waals surface area contributed by atoms with Crippen LogP contribution in [0.2, 0.25) is 5.02 Å². The van der Waals surface area contributed by atoms with E-state index in [0.29, 0.717) is 57.1 Å². The monoisotopic (exact) mass is 516 g/mol. The summed E-state index contributed by atoms with van der Waals surface area (Å²) in [7, 11) is 0. The van der Waals surface area contributed by atoms with E-state index in [1.807, 2.05) is 25.1 Å². The predicted octanol–water partition coefficient (Wildman–Crippen LogP) is 5.30. The fraction of sp³-hybridized carbons (Fsp3) is 0.192. The van der Waals surface area contributed by atoms with Gasteiger partial charge in [0.15, 0.2) is 0 Å². The number of nitrogens with zero attached hydrogens (tertiary/aromatic N) is 5. The number of hydrogen-bond donors (Lipinski definition) is 2. The molecule has 0 aliphatic heterocycles. The molecule has 0 saturated carbocycles. The van der Waals surface area contributed by atoms with Gasteiger partial charge >= 0.3 is 0 Å². The third-order valence-electron chi connectivity index (χ3n) is 5.45. The van der Waals surface area contributed by atoms with Crippen LogP contribution in [0.15, 0.2) is 52.0 Å². The van der Waals surface area contributed by atoms with Crippen molar-refractivity contribution < 1.29 is 9.52 Å². The first-order valence-corrected chi connectivity index (χ1v) is 12.4. The number of aromatic nitrogens is 3. The number of pyridine rings is 2. The van der Waals surface area contributed by atoms with Gasteiger partial charge in [0.2, 0.25) is 5.89 Å². The number of thioether (sulfide) groups is 1. The van der Waals surface area contributed by atoms with Gasteiger partial charge in [-0.05, 0) is 50.1 Å². The number of aryl methyl sites for hydroxylation is 2. The molecule has 0 atom stereocenters. The topological polar surface area (TPSA) is 146 Å². The Balaban J connectivity index is 1.66. The van der Waals surface area contributed by atoms with Crippen LogP contribution in [0.3, 0.4) is 0 Å². The van der Waals surface area contributed by atoms with Crippen molar-refractivity contribution in [1.82, 2.24) is 15.0 Å². The lowest BCUT2D eigenvalue weighted by atomic mass is 9.98. The van der Waals surface area contributed by atoms with Gasteiger partial charge in [-0.25, -0.2) is 9.97 Å². The Kier molecular flexibility index (Phi) is 7.87. The van der Waals surface area contributed by atoms with Crippen LogP contribution >= 0.6 is 23.4 Å². The zero-order chi connectivity index (χ0) is 25.7. The van der Waals surface area contributed by atoms with E-state index in [4.69, 9.17) is 26.9 Å². The maximum atomic E-state index is 10.0. The Labute approximate surface area is 217 Å². The van der Waals surface area contributed by atoms with Crippen molar-refractivity contribution in [1.29, 1.82) is 10.5 Å². The van der Waals surface area contributed by atoms with Gasteiger partial charge in [-0.2, -0.15) is 10.5 Å². The standard InChI is InChI=1S/C26H21ClN6O2S/c1-15-22(32-25(35-15)16-4-7-18(27)8-5-16)14-36-26-21(12-29)23(20(11-28)24(30)33-26)17-6-9-19(31-13-17)3-2-10-34/h4-9,13,34H,2-3,10,14H2,1H3,(H2,30,33). The highest BCUT2D eigenvalue weighted by Gasteiger charge is 2.22. The molecule has 0 saturated heterocycles. The van der Waals surface area contributed by atoms with Crippen LogP contribution < -0.4 is 5.73 Å². The highest BCUT2D eigenvalue weighted by atomic mass is 35.5. The molecule has 3 heterocycles. The van der Waals surface area contributed by atoms with Crippen LogP contribution in [0, 0.1) is 29.6 Å². The minimum atomic E-state index is 0.0390. The Morgan fingerprint density at radius 2 is 1.78 bits per heavy atom. The molecule has 0 aliphatic carbocycles. The maximum absolute atomic E-state index is 10.0. The number of rotatable bonds is 8. The van der Waals surface area contributed by atoms with Crippen LogP contribution in [0.1, 0.15) is 34.7 Å². The second-order valence-corrected chi connectivity index (χ2v) is 9.23. The zero-order valence-electron chi connectivity index (χ0n) is 19.3. The third-order valence-corrected chi connectivity index (χ3v) is 6.69. The van der Waals surface area contributed by atoms with E-state index >= 15 is 0 Å². The second-order valence-electron chi connectivity index (χ2n) is 7.83. The highest BCUT2D eigenvalue weighted by molar-refractivity contribution is 7.98. The molecule has 1 aromatic carbocycles. The summed E-state index contributed by atoms with van der Waals surface area (Å²) in [4.78, 5) is 13.4. The number of nitrogen functional groups attached to an aromatic ring is 1. The zero-order valence-corrected chi connectivity index (χ0v) is 20.9. The molecule has 8 nitrogen and oxygen atoms in total. The number of aliphatic hydroxyl groups is 1. The molecule has 4 rings (SSSR count). The van der Waals surface area contributed by atoms with Gasteiger partial charge in [-0.15, -0.1) is 0 Å². The second kappa shape index (κ2) is 11.2. The lowest BCUT2D eigenvalue weighted by molar-refractivity contribution is 0.288. The van der Waals surface area contributed by atoms with Gasteiger partial charge in [-0.3, -0.25) is 4.98 Å². The first-order chi connectivity index (χ1) is 17.4. The van der Waals surface area contributed by atoms with Gasteiger partial charge < -0.3 is 15.3 Å². The van der Waals surface area contributed by atoms with Gasteiger partial charge in [0.05, 0.1) is 11.3 Å². The molecule has 0 amide bonds. The Morgan fingerprint density at radius 1 is 1.06 bits per heavy atom. The number of halogens is 1. The molecule has 36 heavy (non-hydrogen) atoms. The van der Waals surface area contributed by atoms with Gasteiger partial charge in [0, 0.05) is 46.0 Å². The number of nitriles is 2. The summed E-state index contributed by atoms with van der Waals surface area (Å²) in [6.07, 6.45) is 2.84. The summed E-state index contributed by atoms with van der Waals surface area (Å²) in [5, 5.41) is 29.8. The Hall–Kier alpha value is -3.89. The first kappa shape index (κ1) is 25.2. The predicted molar refractivity (Wildman–Crippen MR) is 138 cm³/mol. The molecule has 10 heteroatoms. The van der Waals surface area contributed by atoms with Gasteiger partial charge in [0.25, 0.3) is 0 Å². The summed E-state index contributed by atoms with van der Waals surface area (Å²) >= 11 is 7.26. The molecule has 3 aromatic heterocycles. The normalized spacial score (nSPS) is 10.7. The minimum absolute atomic E-state index is 0.0390. The average molecular weight is 517 g/mol. The summed E-state index contributed by atoms with van der Waals surface area (Å²) < 4.78 is 5.83. The van der Waals surface area contributed by atoms with E-state index in [9.17, 15) is 10.5 Å². The molecule has 0 bridgehead atoms. The number of aliphatic hydroxyl groups excluding tert-OH is 1. The summed E-state index contributed by atoms with van der Waals surface area (Å²) in [6, 6.07) is 15.1. The van der Waals surface area contributed by atoms with E-state index in [2.05, 4.69) is 27.1 Å². The average Bonchev–Trinajstić information content (AvgIpc) is 3.26. The molecule has 0 fully saturated rings. The third kappa shape index (κ3) is 5.34. The number of benzene rings is 1. The van der Waals surface area contributed by atoms with Gasteiger partial charge in [0.1, 0.15) is 34.3 Å².